The molecule has 3 fully saturated rings. The third-order valence-corrected chi connectivity index (χ3v) is 8.35. The first kappa shape index (κ1) is 22.3. The van der Waals surface area contributed by atoms with E-state index in [1.807, 2.05) is 22.0 Å². The van der Waals surface area contributed by atoms with Crippen molar-refractivity contribution in [3.05, 3.63) is 30.2 Å². The lowest BCUT2D eigenvalue weighted by Crippen LogP contribution is -2.66. The number of fused-ring (bicyclic) bond motifs is 1. The Morgan fingerprint density at radius 2 is 2.09 bits per heavy atom. The number of nitriles is 1. The largest absolute Gasteiger partial charge is 0.449 e. The van der Waals surface area contributed by atoms with E-state index >= 15 is 0 Å². The number of aliphatic imine (C=N–C) groups is 2. The van der Waals surface area contributed by atoms with Crippen LogP contribution in [0.25, 0.3) is 0 Å². The molecule has 1 N–H and O–H groups in total. The van der Waals surface area contributed by atoms with Crippen LogP contribution in [0.4, 0.5) is 4.79 Å². The second-order valence-corrected chi connectivity index (χ2v) is 10.5. The number of hydrogen-bond donors (Lipinski definition) is 1. The summed E-state index contributed by atoms with van der Waals surface area (Å²) in [6, 6.07) is 2.76. The molecule has 0 bridgehead atoms. The SMILES string of the molecule is N#CCC1(n2cc(C3N=CN=C4NC=CC43)cn2)CN(C2CCN(C(=O)OCC3CCC3)CC2)C1. The number of nitrogens with zero attached hydrogens (tertiary/aromatic N) is 7. The molecule has 1 aliphatic carbocycles. The fraction of sp³-hybridized carbons (Fsp3) is 0.640. The molecule has 2 unspecified atom stereocenters. The third-order valence-electron chi connectivity index (χ3n) is 8.35. The van der Waals surface area contributed by atoms with Crippen LogP contribution in [0.15, 0.2) is 34.7 Å². The number of carbonyl (C=O) groups excluding carboxylic acids is 1. The van der Waals surface area contributed by atoms with E-state index in [9.17, 15) is 10.1 Å². The normalized spacial score (nSPS) is 27.9. The van der Waals surface area contributed by atoms with Crippen molar-refractivity contribution in [2.45, 2.75) is 56.1 Å². The van der Waals surface area contributed by atoms with E-state index in [0.717, 1.165) is 50.4 Å². The first-order valence-electron chi connectivity index (χ1n) is 12.8. The number of likely N-dealkylation sites (tertiary alicyclic amines) is 2. The summed E-state index contributed by atoms with van der Waals surface area (Å²) in [6.07, 6.45) is 15.3. The van der Waals surface area contributed by atoms with E-state index in [0.29, 0.717) is 25.0 Å². The Kier molecular flexibility index (Phi) is 5.80. The predicted molar refractivity (Wildman–Crippen MR) is 130 cm³/mol. The Balaban J connectivity index is 1.05. The maximum atomic E-state index is 12.4. The summed E-state index contributed by atoms with van der Waals surface area (Å²) in [4.78, 5) is 25.6. The summed E-state index contributed by atoms with van der Waals surface area (Å²) in [5.41, 5.74) is 0.724. The van der Waals surface area contributed by atoms with Gasteiger partial charge in [-0.1, -0.05) is 12.5 Å². The highest BCUT2D eigenvalue weighted by Gasteiger charge is 2.48. The van der Waals surface area contributed by atoms with Crippen LogP contribution < -0.4 is 5.32 Å². The van der Waals surface area contributed by atoms with Gasteiger partial charge in [-0.2, -0.15) is 10.4 Å². The molecule has 1 aromatic rings. The van der Waals surface area contributed by atoms with E-state index in [1.54, 1.807) is 6.34 Å². The van der Waals surface area contributed by atoms with Gasteiger partial charge in [0, 0.05) is 44.0 Å². The van der Waals surface area contributed by atoms with Crippen LogP contribution in [0.3, 0.4) is 0 Å². The zero-order valence-electron chi connectivity index (χ0n) is 19.9. The minimum atomic E-state index is -0.315. The molecule has 1 aromatic heterocycles. The van der Waals surface area contributed by atoms with Gasteiger partial charge in [-0.15, -0.1) is 0 Å². The highest BCUT2D eigenvalue weighted by molar-refractivity contribution is 5.96. The molecule has 2 atom stereocenters. The summed E-state index contributed by atoms with van der Waals surface area (Å²) < 4.78 is 7.51. The molecular weight excluding hydrogens is 444 g/mol. The Labute approximate surface area is 205 Å². The number of ether oxygens (including phenoxy) is 1. The summed E-state index contributed by atoms with van der Waals surface area (Å²) in [7, 11) is 0. The van der Waals surface area contributed by atoms with Crippen LogP contribution in [-0.2, 0) is 10.3 Å². The molecule has 2 saturated heterocycles. The van der Waals surface area contributed by atoms with Crippen LogP contribution in [0.2, 0.25) is 0 Å². The van der Waals surface area contributed by atoms with Gasteiger partial charge in [-0.3, -0.25) is 14.6 Å². The van der Waals surface area contributed by atoms with E-state index in [2.05, 4.69) is 38.5 Å². The van der Waals surface area contributed by atoms with Crippen LogP contribution in [0.5, 0.6) is 0 Å². The van der Waals surface area contributed by atoms with Gasteiger partial charge in [-0.05, 0) is 37.8 Å². The van der Waals surface area contributed by atoms with E-state index < -0.39 is 0 Å². The maximum absolute atomic E-state index is 12.4. The Hall–Kier alpha value is -3.19. The fourth-order valence-electron chi connectivity index (χ4n) is 5.91. The van der Waals surface area contributed by atoms with Gasteiger partial charge >= 0.3 is 6.09 Å². The third kappa shape index (κ3) is 4.12. The van der Waals surface area contributed by atoms with E-state index in [-0.39, 0.29) is 23.6 Å². The van der Waals surface area contributed by atoms with Gasteiger partial charge in [0.25, 0.3) is 0 Å². The lowest BCUT2D eigenvalue weighted by Gasteiger charge is -2.53. The first-order chi connectivity index (χ1) is 17.1. The molecule has 5 aliphatic rings. The molecule has 0 spiro atoms. The number of carbonyl (C=O) groups is 1. The number of amidine groups is 1. The standard InChI is InChI=1S/C25H32N8O2/c26-8-7-25(33-13-19(12-30-33)22-21-4-9-27-23(21)29-17-28-22)15-32(16-25)20-5-10-31(11-6-20)24(34)35-14-18-2-1-3-18/h4,9,12-13,17-18,20-22H,1-3,5-7,10-11,14-16H2,(H,27,28,29). The van der Waals surface area contributed by atoms with Crippen molar-refractivity contribution in [1.82, 2.24) is 24.9 Å². The maximum Gasteiger partial charge on any atom is 0.409 e. The molecule has 1 saturated carbocycles. The van der Waals surface area contributed by atoms with Crippen molar-refractivity contribution in [1.29, 1.82) is 5.26 Å². The van der Waals surface area contributed by atoms with Gasteiger partial charge in [0.15, 0.2) is 0 Å². The molecule has 6 rings (SSSR count). The van der Waals surface area contributed by atoms with Crippen molar-refractivity contribution in [3.63, 3.8) is 0 Å². The Morgan fingerprint density at radius 1 is 1.26 bits per heavy atom. The number of aromatic nitrogens is 2. The quantitative estimate of drug-likeness (QED) is 0.675. The van der Waals surface area contributed by atoms with Crippen molar-refractivity contribution in [2.75, 3.05) is 32.8 Å². The molecule has 0 radical (unpaired) electrons. The molecule has 1 amide bonds. The van der Waals surface area contributed by atoms with E-state index in [1.165, 1.54) is 19.3 Å². The molecule has 10 nitrogen and oxygen atoms in total. The van der Waals surface area contributed by atoms with Crippen LogP contribution in [0.1, 0.15) is 50.1 Å². The Morgan fingerprint density at radius 3 is 2.83 bits per heavy atom. The number of piperidine rings is 1. The summed E-state index contributed by atoms with van der Waals surface area (Å²) >= 11 is 0. The molecule has 0 aromatic carbocycles. The highest BCUT2D eigenvalue weighted by Crippen LogP contribution is 2.38. The monoisotopic (exact) mass is 476 g/mol. The van der Waals surface area contributed by atoms with E-state index in [4.69, 9.17) is 9.84 Å². The zero-order valence-corrected chi connectivity index (χ0v) is 19.9. The number of amides is 1. The molecule has 4 aliphatic heterocycles. The topological polar surface area (TPSA) is 111 Å². The summed E-state index contributed by atoms with van der Waals surface area (Å²) in [5, 5.41) is 17.5. The summed E-state index contributed by atoms with van der Waals surface area (Å²) in [6.45, 7) is 3.62. The lowest BCUT2D eigenvalue weighted by molar-refractivity contribution is -0.0430. The van der Waals surface area contributed by atoms with Crippen molar-refractivity contribution < 1.29 is 9.53 Å². The minimum Gasteiger partial charge on any atom is -0.449 e. The minimum absolute atomic E-state index is 0.0498. The van der Waals surface area contributed by atoms with Gasteiger partial charge in [0.05, 0.1) is 37.3 Å². The van der Waals surface area contributed by atoms with Crippen LogP contribution in [0, 0.1) is 23.2 Å². The highest BCUT2D eigenvalue weighted by atomic mass is 16.6. The summed E-state index contributed by atoms with van der Waals surface area (Å²) in [5.74, 6) is 1.59. The average molecular weight is 477 g/mol. The first-order valence-corrected chi connectivity index (χ1v) is 12.8. The van der Waals surface area contributed by atoms with Gasteiger partial charge < -0.3 is 15.0 Å². The molecule has 10 heteroatoms. The fourth-order valence-corrected chi connectivity index (χ4v) is 5.91. The van der Waals surface area contributed by atoms with Gasteiger partial charge in [0.1, 0.15) is 17.7 Å². The number of hydrogen-bond acceptors (Lipinski definition) is 8. The molecule has 5 heterocycles. The number of nitrogens with one attached hydrogen (secondary N) is 1. The van der Waals surface area contributed by atoms with Crippen LogP contribution >= 0.6 is 0 Å². The lowest BCUT2D eigenvalue weighted by atomic mass is 9.83. The smallest absolute Gasteiger partial charge is 0.409 e. The number of rotatable bonds is 6. The van der Waals surface area contributed by atoms with Crippen molar-refractivity contribution >= 4 is 18.3 Å². The second kappa shape index (κ2) is 9.11. The second-order valence-electron chi connectivity index (χ2n) is 10.5. The average Bonchev–Trinajstić information content (AvgIpc) is 3.50. The predicted octanol–water partition coefficient (Wildman–Crippen LogP) is 2.42. The molecular formula is C25H32N8O2. The van der Waals surface area contributed by atoms with Crippen LogP contribution in [-0.4, -0.2) is 76.7 Å². The zero-order chi connectivity index (χ0) is 23.8. The molecule has 35 heavy (non-hydrogen) atoms. The van der Waals surface area contributed by atoms with Crippen molar-refractivity contribution in [2.24, 2.45) is 21.8 Å². The van der Waals surface area contributed by atoms with Gasteiger partial charge in [0.2, 0.25) is 0 Å². The Bertz CT molecular complexity index is 1080. The molecule has 184 valence electrons. The van der Waals surface area contributed by atoms with Crippen molar-refractivity contribution in [3.8, 4) is 6.07 Å². The van der Waals surface area contributed by atoms with Gasteiger partial charge in [-0.25, -0.2) is 9.79 Å².